The van der Waals surface area contributed by atoms with Gasteiger partial charge in [0.05, 0.1) is 5.69 Å². The Balaban J connectivity index is 1.59. The molecule has 3 aromatic rings. The summed E-state index contributed by atoms with van der Waals surface area (Å²) >= 11 is 0. The van der Waals surface area contributed by atoms with Gasteiger partial charge in [0, 0.05) is 23.9 Å². The molecule has 0 amide bonds. The number of unbranched alkanes of at least 4 members (excludes halogenated alkanes) is 5. The topological polar surface area (TPSA) is 48.4 Å². The molecule has 1 heterocycles. The molecule has 1 aromatic heterocycles. The lowest BCUT2D eigenvalue weighted by Crippen LogP contribution is -2.42. The van der Waals surface area contributed by atoms with Crippen molar-refractivity contribution in [3.63, 3.8) is 0 Å². The highest BCUT2D eigenvalue weighted by molar-refractivity contribution is 5.78. The standard InChI is InChI=1S/C31H36F3NO3/c1-3-5-7-8-10-23-11-13-24(14-12-23)26-17-20-28(35-22-26)25-15-18-27(19-16-25)38-30(36)29(31(32,33)34)37-21-9-6-4-2/h11-20,22,29H,3-10,21H2,1-2H3. The Kier molecular flexibility index (Phi) is 11.3. The normalized spacial score (nSPS) is 12.3. The lowest BCUT2D eigenvalue weighted by Gasteiger charge is -2.19. The Morgan fingerprint density at radius 3 is 2.03 bits per heavy atom. The summed E-state index contributed by atoms with van der Waals surface area (Å²) < 4.78 is 49.6. The highest BCUT2D eigenvalue weighted by Gasteiger charge is 2.47. The van der Waals surface area contributed by atoms with Crippen LogP contribution in [-0.4, -0.2) is 29.8 Å². The van der Waals surface area contributed by atoms with Gasteiger partial charge >= 0.3 is 12.1 Å². The third-order valence-electron chi connectivity index (χ3n) is 6.28. The smallest absolute Gasteiger partial charge is 0.424 e. The number of ether oxygens (including phenoxy) is 2. The van der Waals surface area contributed by atoms with Gasteiger partial charge in [0.25, 0.3) is 6.10 Å². The summed E-state index contributed by atoms with van der Waals surface area (Å²) in [6.45, 7) is 3.98. The first-order chi connectivity index (χ1) is 18.3. The van der Waals surface area contributed by atoms with E-state index in [1.807, 2.05) is 19.1 Å². The number of rotatable bonds is 14. The highest BCUT2D eigenvalue weighted by atomic mass is 19.4. The summed E-state index contributed by atoms with van der Waals surface area (Å²) in [5, 5.41) is 0. The van der Waals surface area contributed by atoms with Crippen LogP contribution < -0.4 is 4.74 Å². The molecule has 0 N–H and O–H groups in total. The second-order valence-corrected chi connectivity index (χ2v) is 9.38. The quantitative estimate of drug-likeness (QED) is 0.120. The molecular formula is C31H36F3NO3. The molecule has 2 aromatic carbocycles. The molecule has 3 rings (SSSR count). The lowest BCUT2D eigenvalue weighted by molar-refractivity contribution is -0.225. The van der Waals surface area contributed by atoms with Gasteiger partial charge in [-0.15, -0.1) is 0 Å². The van der Waals surface area contributed by atoms with Crippen LogP contribution in [0.15, 0.2) is 66.9 Å². The van der Waals surface area contributed by atoms with Crippen molar-refractivity contribution in [3.05, 3.63) is 72.4 Å². The molecule has 1 unspecified atom stereocenters. The van der Waals surface area contributed by atoms with Crippen molar-refractivity contribution in [1.82, 2.24) is 4.98 Å². The van der Waals surface area contributed by atoms with E-state index in [2.05, 4.69) is 36.2 Å². The average Bonchev–Trinajstić information content (AvgIpc) is 2.91. The van der Waals surface area contributed by atoms with Crippen molar-refractivity contribution in [2.45, 2.75) is 77.5 Å². The molecule has 0 aliphatic rings. The Morgan fingerprint density at radius 1 is 0.789 bits per heavy atom. The van der Waals surface area contributed by atoms with Crippen molar-refractivity contribution in [3.8, 4) is 28.1 Å². The monoisotopic (exact) mass is 527 g/mol. The van der Waals surface area contributed by atoms with Gasteiger partial charge in [-0.25, -0.2) is 4.79 Å². The zero-order valence-corrected chi connectivity index (χ0v) is 22.1. The van der Waals surface area contributed by atoms with Gasteiger partial charge in [-0.1, -0.05) is 76.3 Å². The van der Waals surface area contributed by atoms with Crippen LogP contribution in [0.2, 0.25) is 0 Å². The molecule has 0 spiro atoms. The second-order valence-electron chi connectivity index (χ2n) is 9.38. The Bertz CT molecular complexity index is 1110. The minimum absolute atomic E-state index is 0.0107. The van der Waals surface area contributed by atoms with Crippen LogP contribution in [0.4, 0.5) is 13.2 Å². The molecule has 1 atom stereocenters. The summed E-state index contributed by atoms with van der Waals surface area (Å²) in [6, 6.07) is 18.6. The summed E-state index contributed by atoms with van der Waals surface area (Å²) in [5.41, 5.74) is 4.86. The van der Waals surface area contributed by atoms with E-state index < -0.39 is 18.2 Å². The first-order valence-corrected chi connectivity index (χ1v) is 13.4. The van der Waals surface area contributed by atoms with Crippen LogP contribution in [0.5, 0.6) is 5.75 Å². The van der Waals surface area contributed by atoms with E-state index in [1.54, 1.807) is 18.3 Å². The van der Waals surface area contributed by atoms with Crippen LogP contribution in [0.25, 0.3) is 22.4 Å². The van der Waals surface area contributed by atoms with Crippen molar-refractivity contribution in [1.29, 1.82) is 0 Å². The van der Waals surface area contributed by atoms with Crippen LogP contribution >= 0.6 is 0 Å². The maximum Gasteiger partial charge on any atom is 0.425 e. The van der Waals surface area contributed by atoms with E-state index in [0.717, 1.165) is 36.0 Å². The number of hydrogen-bond acceptors (Lipinski definition) is 4. The minimum atomic E-state index is -4.84. The number of alkyl halides is 3. The van der Waals surface area contributed by atoms with Gasteiger partial charge in [0.2, 0.25) is 0 Å². The summed E-state index contributed by atoms with van der Waals surface area (Å²) in [5.74, 6) is -1.47. The first kappa shape index (κ1) is 29.4. The molecule has 4 nitrogen and oxygen atoms in total. The Hall–Kier alpha value is -3.19. The van der Waals surface area contributed by atoms with Crippen LogP contribution in [0.1, 0.15) is 64.4 Å². The second kappa shape index (κ2) is 14.7. The Morgan fingerprint density at radius 2 is 1.42 bits per heavy atom. The van der Waals surface area contributed by atoms with Gasteiger partial charge < -0.3 is 9.47 Å². The number of esters is 1. The molecule has 0 saturated heterocycles. The van der Waals surface area contributed by atoms with Gasteiger partial charge in [-0.3, -0.25) is 4.98 Å². The molecule has 0 fully saturated rings. The van der Waals surface area contributed by atoms with E-state index in [1.165, 1.54) is 43.4 Å². The summed E-state index contributed by atoms with van der Waals surface area (Å²) in [7, 11) is 0. The summed E-state index contributed by atoms with van der Waals surface area (Å²) in [4.78, 5) is 16.7. The fourth-order valence-electron chi connectivity index (χ4n) is 4.07. The van der Waals surface area contributed by atoms with E-state index in [-0.39, 0.29) is 12.4 Å². The zero-order chi connectivity index (χ0) is 27.4. The first-order valence-electron chi connectivity index (χ1n) is 13.4. The molecule has 0 aliphatic carbocycles. The van der Waals surface area contributed by atoms with E-state index in [4.69, 9.17) is 9.47 Å². The number of halogens is 3. The number of hydrogen-bond donors (Lipinski definition) is 0. The fourth-order valence-corrected chi connectivity index (χ4v) is 4.07. The van der Waals surface area contributed by atoms with Crippen LogP contribution in [0.3, 0.4) is 0 Å². The van der Waals surface area contributed by atoms with Crippen molar-refractivity contribution in [2.75, 3.05) is 6.61 Å². The number of aromatic nitrogens is 1. The van der Waals surface area contributed by atoms with E-state index >= 15 is 0 Å². The fraction of sp³-hybridized carbons (Fsp3) is 0.419. The maximum absolute atomic E-state index is 13.3. The largest absolute Gasteiger partial charge is 0.425 e. The molecular weight excluding hydrogens is 491 g/mol. The van der Waals surface area contributed by atoms with Crippen molar-refractivity contribution in [2.24, 2.45) is 0 Å². The average molecular weight is 528 g/mol. The molecule has 7 heteroatoms. The number of pyridine rings is 1. The molecule has 0 bridgehead atoms. The minimum Gasteiger partial charge on any atom is -0.424 e. The lowest BCUT2D eigenvalue weighted by atomic mass is 10.0. The number of aryl methyl sites for hydroxylation is 1. The van der Waals surface area contributed by atoms with Gasteiger partial charge in [0.15, 0.2) is 0 Å². The maximum atomic E-state index is 13.3. The number of carbonyl (C=O) groups is 1. The SMILES string of the molecule is CCCCCCc1ccc(-c2ccc(-c3ccc(OC(=O)C(OCCCCC)C(F)(F)F)cc3)nc2)cc1. The van der Waals surface area contributed by atoms with Crippen LogP contribution in [-0.2, 0) is 16.0 Å². The third-order valence-corrected chi connectivity index (χ3v) is 6.28. The number of benzene rings is 2. The predicted octanol–water partition coefficient (Wildman–Crippen LogP) is 8.58. The molecule has 38 heavy (non-hydrogen) atoms. The summed E-state index contributed by atoms with van der Waals surface area (Å²) in [6.07, 6.45) is 2.41. The molecule has 0 saturated carbocycles. The predicted molar refractivity (Wildman–Crippen MR) is 144 cm³/mol. The Labute approximate surface area is 223 Å². The van der Waals surface area contributed by atoms with Crippen molar-refractivity contribution < 1.29 is 27.4 Å². The van der Waals surface area contributed by atoms with E-state index in [0.29, 0.717) is 12.1 Å². The van der Waals surface area contributed by atoms with Gasteiger partial charge in [-0.05, 0) is 60.7 Å². The zero-order valence-electron chi connectivity index (χ0n) is 22.1. The van der Waals surface area contributed by atoms with Gasteiger partial charge in [0.1, 0.15) is 5.75 Å². The molecule has 0 radical (unpaired) electrons. The third kappa shape index (κ3) is 8.98. The highest BCUT2D eigenvalue weighted by Crippen LogP contribution is 2.27. The van der Waals surface area contributed by atoms with E-state index in [9.17, 15) is 18.0 Å². The number of carbonyl (C=O) groups excluding carboxylic acids is 1. The molecule has 204 valence electrons. The molecule has 0 aliphatic heterocycles. The van der Waals surface area contributed by atoms with Crippen LogP contribution in [0, 0.1) is 0 Å². The number of nitrogens with zero attached hydrogens (tertiary/aromatic N) is 1. The van der Waals surface area contributed by atoms with Crippen molar-refractivity contribution >= 4 is 5.97 Å². The van der Waals surface area contributed by atoms with Gasteiger partial charge in [-0.2, -0.15) is 13.2 Å².